The molecule has 10 heavy (non-hydrogen) atoms. The van der Waals surface area contributed by atoms with Gasteiger partial charge in [-0.15, -0.1) is 0 Å². The predicted octanol–water partition coefficient (Wildman–Crippen LogP) is 1.23. The summed E-state index contributed by atoms with van der Waals surface area (Å²) in [5.41, 5.74) is 1.07. The number of nitrogens with zero attached hydrogens (tertiary/aromatic N) is 2. The highest BCUT2D eigenvalue weighted by Gasteiger charge is 2.21. The van der Waals surface area contributed by atoms with Crippen molar-refractivity contribution in [2.45, 2.75) is 19.3 Å². The molecule has 0 unspecified atom stereocenters. The quantitative estimate of drug-likeness (QED) is 0.606. The summed E-state index contributed by atoms with van der Waals surface area (Å²) in [6.45, 7) is 0. The molecule has 1 fully saturated rings. The summed E-state index contributed by atoms with van der Waals surface area (Å²) in [7, 11) is 0. The molecule has 0 aliphatic heterocycles. The number of hydrogen-bond donors (Lipinski definition) is 0. The molecule has 1 saturated carbocycles. The van der Waals surface area contributed by atoms with Crippen LogP contribution in [-0.4, -0.2) is 9.97 Å². The lowest BCUT2D eigenvalue weighted by atomic mass is 10.2. The van der Waals surface area contributed by atoms with Crippen molar-refractivity contribution >= 4 is 0 Å². The smallest absolute Gasteiger partial charge is 0.115 e. The lowest BCUT2D eigenvalue weighted by Crippen LogP contribution is -1.91. The minimum absolute atomic E-state index is 0.895. The van der Waals surface area contributed by atoms with Gasteiger partial charge in [0.25, 0.3) is 0 Å². The zero-order valence-corrected chi connectivity index (χ0v) is 5.75. The second-order valence-electron chi connectivity index (χ2n) is 2.76. The molecule has 2 nitrogen and oxygen atoms in total. The van der Waals surface area contributed by atoms with Crippen LogP contribution in [0, 0.1) is 12.0 Å². The Kier molecular flexibility index (Phi) is 1.38. The maximum absolute atomic E-state index is 4.09. The van der Waals surface area contributed by atoms with Crippen molar-refractivity contribution in [3.8, 4) is 0 Å². The summed E-state index contributed by atoms with van der Waals surface area (Å²) >= 11 is 0. The first kappa shape index (κ1) is 5.83. The topological polar surface area (TPSA) is 25.8 Å². The molecule has 0 spiro atoms. The molecule has 0 bridgehead atoms. The fourth-order valence-corrected chi connectivity index (χ4v) is 0.992. The minimum atomic E-state index is 0.895. The van der Waals surface area contributed by atoms with Crippen LogP contribution in [-0.2, 0) is 6.42 Å². The standard InChI is InChI=1S/C8H9N2/c1-2-7(1)5-8-3-4-9-6-10-8/h4,6-7H,1-2,5H2. The van der Waals surface area contributed by atoms with Crippen LogP contribution in [0.25, 0.3) is 0 Å². The molecule has 1 aromatic rings. The van der Waals surface area contributed by atoms with E-state index in [2.05, 4.69) is 16.0 Å². The number of hydrogen-bond acceptors (Lipinski definition) is 2. The molecule has 2 rings (SSSR count). The van der Waals surface area contributed by atoms with Gasteiger partial charge in [-0.05, 0) is 25.2 Å². The molecule has 0 saturated heterocycles. The molecular formula is C8H9N2. The van der Waals surface area contributed by atoms with Gasteiger partial charge < -0.3 is 0 Å². The molecular weight excluding hydrogens is 124 g/mol. The SMILES string of the molecule is [c]1cncnc1CC1CC1. The first-order valence-corrected chi connectivity index (χ1v) is 3.62. The van der Waals surface area contributed by atoms with Crippen molar-refractivity contribution < 1.29 is 0 Å². The van der Waals surface area contributed by atoms with Gasteiger partial charge in [0.2, 0.25) is 0 Å². The second-order valence-corrected chi connectivity index (χ2v) is 2.76. The van der Waals surface area contributed by atoms with E-state index in [0.29, 0.717) is 0 Å². The average Bonchev–Trinajstić information content (AvgIpc) is 2.74. The Labute approximate surface area is 60.3 Å². The van der Waals surface area contributed by atoms with E-state index in [4.69, 9.17) is 0 Å². The molecule has 2 heteroatoms. The lowest BCUT2D eigenvalue weighted by Gasteiger charge is -1.93. The van der Waals surface area contributed by atoms with Crippen LogP contribution in [0.3, 0.4) is 0 Å². The van der Waals surface area contributed by atoms with Crippen LogP contribution in [0.2, 0.25) is 0 Å². The zero-order chi connectivity index (χ0) is 6.81. The van der Waals surface area contributed by atoms with Crippen molar-refractivity contribution in [1.29, 1.82) is 0 Å². The molecule has 0 atom stereocenters. The van der Waals surface area contributed by atoms with E-state index in [-0.39, 0.29) is 0 Å². The van der Waals surface area contributed by atoms with E-state index in [1.807, 2.05) is 0 Å². The van der Waals surface area contributed by atoms with Gasteiger partial charge in [-0.1, -0.05) is 0 Å². The number of aromatic nitrogens is 2. The normalized spacial score (nSPS) is 17.2. The van der Waals surface area contributed by atoms with Crippen molar-refractivity contribution in [2.75, 3.05) is 0 Å². The molecule has 0 N–H and O–H groups in total. The lowest BCUT2D eigenvalue weighted by molar-refractivity contribution is 0.797. The van der Waals surface area contributed by atoms with Crippen molar-refractivity contribution in [1.82, 2.24) is 9.97 Å². The van der Waals surface area contributed by atoms with Crippen molar-refractivity contribution in [3.05, 3.63) is 24.3 Å². The van der Waals surface area contributed by atoms with Gasteiger partial charge in [-0.25, -0.2) is 9.97 Å². The van der Waals surface area contributed by atoms with E-state index >= 15 is 0 Å². The summed E-state index contributed by atoms with van der Waals surface area (Å²) in [5.74, 6) is 0.895. The molecule has 51 valence electrons. The van der Waals surface area contributed by atoms with Crippen LogP contribution in [0.1, 0.15) is 18.5 Å². The summed E-state index contributed by atoms with van der Waals surface area (Å²) in [6, 6.07) is 3.02. The van der Waals surface area contributed by atoms with Crippen molar-refractivity contribution in [2.24, 2.45) is 5.92 Å². The fraction of sp³-hybridized carbons (Fsp3) is 0.500. The monoisotopic (exact) mass is 133 g/mol. The Hall–Kier alpha value is -0.920. The highest BCUT2D eigenvalue weighted by atomic mass is 14.8. The van der Waals surface area contributed by atoms with E-state index in [1.54, 1.807) is 12.5 Å². The van der Waals surface area contributed by atoms with Crippen LogP contribution >= 0.6 is 0 Å². The molecule has 1 aromatic heterocycles. The third-order valence-corrected chi connectivity index (χ3v) is 1.76. The van der Waals surface area contributed by atoms with Crippen LogP contribution in [0.4, 0.5) is 0 Å². The summed E-state index contributed by atoms with van der Waals surface area (Å²) in [5, 5.41) is 0. The number of rotatable bonds is 2. The minimum Gasteiger partial charge on any atom is -0.244 e. The molecule has 1 aliphatic rings. The van der Waals surface area contributed by atoms with Gasteiger partial charge in [0.1, 0.15) is 6.33 Å². The van der Waals surface area contributed by atoms with Crippen LogP contribution in [0.15, 0.2) is 12.5 Å². The predicted molar refractivity (Wildman–Crippen MR) is 37.3 cm³/mol. The highest BCUT2D eigenvalue weighted by Crippen LogP contribution is 2.31. The second kappa shape index (κ2) is 2.37. The summed E-state index contributed by atoms with van der Waals surface area (Å²) < 4.78 is 0. The van der Waals surface area contributed by atoms with Gasteiger partial charge in [-0.3, -0.25) is 0 Å². The van der Waals surface area contributed by atoms with Crippen LogP contribution < -0.4 is 0 Å². The molecule has 1 aliphatic carbocycles. The van der Waals surface area contributed by atoms with Gasteiger partial charge in [-0.2, -0.15) is 0 Å². The Balaban J connectivity index is 2.03. The van der Waals surface area contributed by atoms with Crippen LogP contribution in [0.5, 0.6) is 0 Å². The summed E-state index contributed by atoms with van der Waals surface area (Å²) in [4.78, 5) is 7.90. The van der Waals surface area contributed by atoms with Gasteiger partial charge in [0.05, 0.1) is 5.69 Å². The zero-order valence-electron chi connectivity index (χ0n) is 5.75. The third-order valence-electron chi connectivity index (χ3n) is 1.76. The van der Waals surface area contributed by atoms with E-state index in [1.165, 1.54) is 12.8 Å². The Bertz CT molecular complexity index is 204. The van der Waals surface area contributed by atoms with Gasteiger partial charge >= 0.3 is 0 Å². The Morgan fingerprint density at radius 1 is 1.60 bits per heavy atom. The van der Waals surface area contributed by atoms with Crippen molar-refractivity contribution in [3.63, 3.8) is 0 Å². The van der Waals surface area contributed by atoms with Gasteiger partial charge in [0, 0.05) is 12.3 Å². The molecule has 1 heterocycles. The molecule has 0 amide bonds. The first-order chi connectivity index (χ1) is 4.95. The van der Waals surface area contributed by atoms with E-state index in [9.17, 15) is 0 Å². The average molecular weight is 133 g/mol. The maximum Gasteiger partial charge on any atom is 0.115 e. The van der Waals surface area contributed by atoms with Gasteiger partial charge in [0.15, 0.2) is 0 Å². The molecule has 0 aromatic carbocycles. The van der Waals surface area contributed by atoms with E-state index < -0.39 is 0 Å². The summed E-state index contributed by atoms with van der Waals surface area (Å²) in [6.07, 6.45) is 7.12. The first-order valence-electron chi connectivity index (χ1n) is 3.62. The Morgan fingerprint density at radius 3 is 3.10 bits per heavy atom. The molecule has 1 radical (unpaired) electrons. The highest BCUT2D eigenvalue weighted by molar-refractivity contribution is 4.99. The maximum atomic E-state index is 4.09. The largest absolute Gasteiger partial charge is 0.244 e. The Morgan fingerprint density at radius 2 is 2.50 bits per heavy atom. The fourth-order valence-electron chi connectivity index (χ4n) is 0.992. The third kappa shape index (κ3) is 1.32. The van der Waals surface area contributed by atoms with E-state index in [0.717, 1.165) is 18.0 Å².